The molecule has 3 aromatic rings. The summed E-state index contributed by atoms with van der Waals surface area (Å²) in [7, 11) is 0. The number of rotatable bonds is 5. The van der Waals surface area contributed by atoms with Gasteiger partial charge in [-0.3, -0.25) is 4.79 Å². The van der Waals surface area contributed by atoms with Crippen molar-refractivity contribution in [3.63, 3.8) is 0 Å². The SMILES string of the molecule is CC(=O)N(Cc1ccc2c(c1)CCO2)Cc1ccc2cc(O)c(C(=O)O)cc2c1. The summed E-state index contributed by atoms with van der Waals surface area (Å²) < 4.78 is 5.54. The lowest BCUT2D eigenvalue weighted by molar-refractivity contribution is -0.130. The summed E-state index contributed by atoms with van der Waals surface area (Å²) in [5.41, 5.74) is 2.96. The normalized spacial score (nSPS) is 12.4. The van der Waals surface area contributed by atoms with E-state index in [1.165, 1.54) is 19.1 Å². The minimum absolute atomic E-state index is 0.0428. The van der Waals surface area contributed by atoms with E-state index in [1.54, 1.807) is 4.90 Å². The molecule has 0 aliphatic carbocycles. The average Bonchev–Trinajstić information content (AvgIpc) is 3.14. The molecule has 0 fully saturated rings. The summed E-state index contributed by atoms with van der Waals surface area (Å²) in [6.07, 6.45) is 0.882. The van der Waals surface area contributed by atoms with E-state index < -0.39 is 5.97 Å². The minimum Gasteiger partial charge on any atom is -0.507 e. The first kappa shape index (κ1) is 18.8. The van der Waals surface area contributed by atoms with Crippen LogP contribution in [0.4, 0.5) is 0 Å². The first-order valence-electron chi connectivity index (χ1n) is 9.40. The van der Waals surface area contributed by atoms with Crippen molar-refractivity contribution in [1.29, 1.82) is 0 Å². The van der Waals surface area contributed by atoms with Gasteiger partial charge in [0.05, 0.1) is 6.61 Å². The van der Waals surface area contributed by atoms with Gasteiger partial charge in [0, 0.05) is 26.4 Å². The fourth-order valence-electron chi connectivity index (χ4n) is 3.66. The maximum absolute atomic E-state index is 12.2. The molecular weight excluding hydrogens is 370 g/mol. The van der Waals surface area contributed by atoms with Crippen LogP contribution < -0.4 is 4.74 Å². The third-order valence-corrected chi connectivity index (χ3v) is 5.20. The molecule has 0 atom stereocenters. The number of hydrogen-bond acceptors (Lipinski definition) is 4. The van der Waals surface area contributed by atoms with E-state index in [0.29, 0.717) is 25.1 Å². The van der Waals surface area contributed by atoms with Crippen molar-refractivity contribution < 1.29 is 24.5 Å². The number of carboxylic acid groups (broad SMARTS) is 1. The first-order valence-corrected chi connectivity index (χ1v) is 9.40. The molecule has 4 rings (SSSR count). The maximum Gasteiger partial charge on any atom is 0.339 e. The Kier molecular flexibility index (Phi) is 4.84. The van der Waals surface area contributed by atoms with Crippen LogP contribution in [0.25, 0.3) is 10.8 Å². The van der Waals surface area contributed by atoms with Crippen LogP contribution in [0.1, 0.15) is 34.0 Å². The number of aromatic hydroxyl groups is 1. The van der Waals surface area contributed by atoms with E-state index in [-0.39, 0.29) is 17.2 Å². The molecular formula is C23H21NO5. The van der Waals surface area contributed by atoms with Crippen molar-refractivity contribution in [3.8, 4) is 11.5 Å². The average molecular weight is 391 g/mol. The van der Waals surface area contributed by atoms with E-state index in [0.717, 1.165) is 34.2 Å². The van der Waals surface area contributed by atoms with Gasteiger partial charge in [0.2, 0.25) is 5.91 Å². The Morgan fingerprint density at radius 3 is 2.45 bits per heavy atom. The van der Waals surface area contributed by atoms with Gasteiger partial charge in [0.15, 0.2) is 0 Å². The van der Waals surface area contributed by atoms with Crippen molar-refractivity contribution in [2.45, 2.75) is 26.4 Å². The Labute approximate surface area is 168 Å². The van der Waals surface area contributed by atoms with Crippen LogP contribution in [-0.4, -0.2) is 33.6 Å². The number of ether oxygens (including phenoxy) is 1. The molecule has 29 heavy (non-hydrogen) atoms. The van der Waals surface area contributed by atoms with E-state index in [9.17, 15) is 19.8 Å². The number of nitrogens with zero attached hydrogens (tertiary/aromatic N) is 1. The van der Waals surface area contributed by atoms with E-state index in [4.69, 9.17) is 4.74 Å². The van der Waals surface area contributed by atoms with Crippen LogP contribution >= 0.6 is 0 Å². The molecule has 0 saturated heterocycles. The van der Waals surface area contributed by atoms with Gasteiger partial charge in [-0.25, -0.2) is 4.79 Å². The van der Waals surface area contributed by atoms with Gasteiger partial charge in [0.1, 0.15) is 17.1 Å². The number of phenols is 1. The zero-order valence-electron chi connectivity index (χ0n) is 16.0. The molecule has 0 spiro atoms. The molecule has 0 bridgehead atoms. The predicted octanol–water partition coefficient (Wildman–Crippen LogP) is 3.73. The van der Waals surface area contributed by atoms with Crippen LogP contribution in [0.3, 0.4) is 0 Å². The van der Waals surface area contributed by atoms with Gasteiger partial charge in [0.25, 0.3) is 0 Å². The molecule has 0 saturated carbocycles. The Balaban J connectivity index is 1.59. The second kappa shape index (κ2) is 7.47. The molecule has 1 amide bonds. The number of amides is 1. The molecule has 148 valence electrons. The quantitative estimate of drug-likeness (QED) is 0.692. The van der Waals surface area contributed by atoms with Crippen molar-refractivity contribution in [1.82, 2.24) is 4.90 Å². The minimum atomic E-state index is -1.18. The Morgan fingerprint density at radius 1 is 1.00 bits per heavy atom. The largest absolute Gasteiger partial charge is 0.507 e. The molecule has 6 heteroatoms. The third kappa shape index (κ3) is 3.87. The van der Waals surface area contributed by atoms with Crippen LogP contribution in [0.2, 0.25) is 0 Å². The van der Waals surface area contributed by atoms with Crippen molar-refractivity contribution in [2.75, 3.05) is 6.61 Å². The van der Waals surface area contributed by atoms with Gasteiger partial charge in [-0.05, 0) is 51.7 Å². The number of fused-ring (bicyclic) bond motifs is 2. The summed E-state index contributed by atoms with van der Waals surface area (Å²) in [6.45, 7) is 3.12. The van der Waals surface area contributed by atoms with Crippen LogP contribution in [0.15, 0.2) is 48.5 Å². The van der Waals surface area contributed by atoms with Crippen molar-refractivity contribution in [2.24, 2.45) is 0 Å². The number of carboxylic acids is 1. The van der Waals surface area contributed by atoms with Gasteiger partial charge in [-0.2, -0.15) is 0 Å². The van der Waals surface area contributed by atoms with Crippen molar-refractivity contribution in [3.05, 3.63) is 70.8 Å². The zero-order valence-corrected chi connectivity index (χ0v) is 16.0. The topological polar surface area (TPSA) is 87.1 Å². The third-order valence-electron chi connectivity index (χ3n) is 5.20. The number of aromatic carboxylic acids is 1. The molecule has 0 unspecified atom stereocenters. The molecule has 2 N–H and O–H groups in total. The monoisotopic (exact) mass is 391 g/mol. The standard InChI is InChI=1S/C23H21NO5/c1-14(25)24(13-16-3-5-22-18(8-16)6-7-29-22)12-15-2-4-17-11-21(26)20(23(27)28)10-19(17)9-15/h2-5,8-11,26H,6-7,12-13H2,1H3,(H,27,28). The molecule has 0 radical (unpaired) electrons. The molecule has 1 aliphatic rings. The number of benzene rings is 3. The second-order valence-electron chi connectivity index (χ2n) is 7.27. The number of carbonyl (C=O) groups is 2. The highest BCUT2D eigenvalue weighted by Gasteiger charge is 2.16. The molecule has 6 nitrogen and oxygen atoms in total. The van der Waals surface area contributed by atoms with Crippen molar-refractivity contribution >= 4 is 22.6 Å². The van der Waals surface area contributed by atoms with E-state index in [1.807, 2.05) is 30.3 Å². The fourth-order valence-corrected chi connectivity index (χ4v) is 3.66. The molecule has 1 aliphatic heterocycles. The summed E-state index contributed by atoms with van der Waals surface area (Å²) in [4.78, 5) is 25.3. The van der Waals surface area contributed by atoms with Gasteiger partial charge in [-0.15, -0.1) is 0 Å². The lowest BCUT2D eigenvalue weighted by Crippen LogP contribution is -2.27. The first-order chi connectivity index (χ1) is 13.9. The zero-order chi connectivity index (χ0) is 20.5. The smallest absolute Gasteiger partial charge is 0.339 e. The highest BCUT2D eigenvalue weighted by Crippen LogP contribution is 2.28. The maximum atomic E-state index is 12.2. The Morgan fingerprint density at radius 2 is 1.72 bits per heavy atom. The second-order valence-corrected chi connectivity index (χ2v) is 7.27. The Bertz CT molecular complexity index is 1120. The van der Waals surface area contributed by atoms with Crippen LogP contribution in [-0.2, 0) is 24.3 Å². The summed E-state index contributed by atoms with van der Waals surface area (Å²) >= 11 is 0. The highest BCUT2D eigenvalue weighted by atomic mass is 16.5. The van der Waals surface area contributed by atoms with Gasteiger partial charge >= 0.3 is 5.97 Å². The summed E-state index contributed by atoms with van der Waals surface area (Å²) in [5, 5.41) is 20.5. The van der Waals surface area contributed by atoms with E-state index in [2.05, 4.69) is 6.07 Å². The molecule has 0 aromatic heterocycles. The van der Waals surface area contributed by atoms with Crippen LogP contribution in [0.5, 0.6) is 11.5 Å². The summed E-state index contributed by atoms with van der Waals surface area (Å²) in [5.74, 6) is -0.571. The Hall–Kier alpha value is -3.54. The van der Waals surface area contributed by atoms with Gasteiger partial charge < -0.3 is 19.8 Å². The fraction of sp³-hybridized carbons (Fsp3) is 0.217. The lowest BCUT2D eigenvalue weighted by atomic mass is 10.0. The number of hydrogen-bond donors (Lipinski definition) is 2. The van der Waals surface area contributed by atoms with Crippen LogP contribution in [0, 0.1) is 0 Å². The number of carbonyl (C=O) groups excluding carboxylic acids is 1. The van der Waals surface area contributed by atoms with E-state index >= 15 is 0 Å². The predicted molar refractivity (Wildman–Crippen MR) is 108 cm³/mol. The highest BCUT2D eigenvalue weighted by molar-refractivity contribution is 5.97. The molecule has 3 aromatic carbocycles. The van der Waals surface area contributed by atoms with Gasteiger partial charge in [-0.1, -0.05) is 24.3 Å². The molecule has 1 heterocycles. The lowest BCUT2D eigenvalue weighted by Gasteiger charge is -2.22. The summed E-state index contributed by atoms with van der Waals surface area (Å²) in [6, 6.07) is 14.5.